The van der Waals surface area contributed by atoms with Crippen LogP contribution in [0.3, 0.4) is 0 Å². The third-order valence-electron chi connectivity index (χ3n) is 7.88. The zero-order valence-corrected chi connectivity index (χ0v) is 23.3. The summed E-state index contributed by atoms with van der Waals surface area (Å²) in [5.74, 6) is 0. The number of benzene rings is 8. The summed E-state index contributed by atoms with van der Waals surface area (Å²) in [7, 11) is 0. The second kappa shape index (κ2) is 10.4. The maximum absolute atomic E-state index is 9.72. The minimum absolute atomic E-state index is 0.0131. The molecule has 0 saturated carbocycles. The van der Waals surface area contributed by atoms with Crippen molar-refractivity contribution in [3.05, 3.63) is 169 Å². The van der Waals surface area contributed by atoms with Gasteiger partial charge in [-0.3, -0.25) is 0 Å². The zero-order valence-electron chi connectivity index (χ0n) is 39.3. The van der Waals surface area contributed by atoms with Gasteiger partial charge in [0, 0.05) is 10.8 Å². The fraction of sp³-hybridized carbons (Fsp3) is 0. The zero-order chi connectivity index (χ0) is 43.7. The van der Waals surface area contributed by atoms with Gasteiger partial charge in [-0.25, -0.2) is 0 Å². The van der Waals surface area contributed by atoms with Crippen LogP contribution in [0.1, 0.15) is 21.9 Å². The highest BCUT2D eigenvalue weighted by Crippen LogP contribution is 2.45. The molecule has 1 heteroatoms. The number of furan rings is 1. The Morgan fingerprint density at radius 2 is 0.911 bits per heavy atom. The Labute approximate surface area is 284 Å². The van der Waals surface area contributed by atoms with Crippen LogP contribution in [0.25, 0.3) is 88.0 Å². The average molecular weight is 589 g/mol. The fourth-order valence-corrected chi connectivity index (χ4v) is 5.95. The van der Waals surface area contributed by atoms with E-state index in [4.69, 9.17) is 22.2 Å². The van der Waals surface area contributed by atoms with Gasteiger partial charge >= 0.3 is 0 Å². The van der Waals surface area contributed by atoms with Gasteiger partial charge in [0.15, 0.2) is 0 Å². The lowest BCUT2D eigenvalue weighted by molar-refractivity contribution is 0.669. The SMILES string of the molecule is [2H]c1c([2H])c([2H])c(-c2cccc(-c3c4ccccc4c(-c4c([2H])c([2H])c5oc6c([2H])c(-c7c([2H])c([2H])c([2H])c([2H])c7[2H])c([2H])c([2H])c6c5c4[2H])c4ccccc34)c2)c([2H])c1[2H]. The molecule has 0 fully saturated rings. The lowest BCUT2D eigenvalue weighted by atomic mass is 9.85. The van der Waals surface area contributed by atoms with Gasteiger partial charge in [-0.05, 0) is 96.3 Å². The molecule has 8 aromatic carbocycles. The predicted molar refractivity (Wildman–Crippen MR) is 190 cm³/mol. The Morgan fingerprint density at radius 1 is 0.356 bits per heavy atom. The summed E-state index contributed by atoms with van der Waals surface area (Å²) in [6, 6.07) is 13.1. The summed E-state index contributed by atoms with van der Waals surface area (Å²) < 4.78 is 145. The third kappa shape index (κ3) is 4.24. The minimum Gasteiger partial charge on any atom is -0.456 e. The third-order valence-corrected chi connectivity index (χ3v) is 7.88. The van der Waals surface area contributed by atoms with Crippen LogP contribution in [-0.2, 0) is 0 Å². The highest BCUT2D eigenvalue weighted by Gasteiger charge is 2.18. The fourth-order valence-electron chi connectivity index (χ4n) is 5.95. The molecule has 0 bridgehead atoms. The molecule has 0 radical (unpaired) electrons. The summed E-state index contributed by atoms with van der Waals surface area (Å²) in [6.07, 6.45) is 0. The first-order valence-electron chi connectivity index (χ1n) is 22.1. The van der Waals surface area contributed by atoms with Crippen LogP contribution >= 0.6 is 0 Å². The second-order valence-electron chi connectivity index (χ2n) is 10.4. The van der Waals surface area contributed by atoms with Crippen molar-refractivity contribution in [2.45, 2.75) is 0 Å². The van der Waals surface area contributed by atoms with Gasteiger partial charge in [0.25, 0.3) is 0 Å². The van der Waals surface area contributed by atoms with Gasteiger partial charge in [-0.15, -0.1) is 0 Å². The van der Waals surface area contributed by atoms with Crippen LogP contribution < -0.4 is 0 Å². The second-order valence-corrected chi connectivity index (χ2v) is 10.4. The molecule has 0 amide bonds. The summed E-state index contributed by atoms with van der Waals surface area (Å²) >= 11 is 0. The molecular formula is C44H28O. The summed E-state index contributed by atoms with van der Waals surface area (Å²) in [4.78, 5) is 0. The Kier molecular flexibility index (Phi) is 3.28. The lowest BCUT2D eigenvalue weighted by Crippen LogP contribution is -1.91. The monoisotopic (exact) mass is 588 g/mol. The largest absolute Gasteiger partial charge is 0.456 e. The van der Waals surface area contributed by atoms with Gasteiger partial charge in [-0.1, -0.05) is 139 Å². The number of hydrogen-bond donors (Lipinski definition) is 0. The predicted octanol–water partition coefficient (Wildman–Crippen LogP) is 12.6. The van der Waals surface area contributed by atoms with Gasteiger partial charge in [-0.2, -0.15) is 0 Å². The number of fused-ring (bicyclic) bond motifs is 5. The van der Waals surface area contributed by atoms with E-state index in [1.165, 1.54) is 0 Å². The van der Waals surface area contributed by atoms with Crippen molar-refractivity contribution in [3.63, 3.8) is 0 Å². The Hall–Kier alpha value is -5.92. The van der Waals surface area contributed by atoms with E-state index in [9.17, 15) is 4.11 Å². The number of hydrogen-bond acceptors (Lipinski definition) is 1. The van der Waals surface area contributed by atoms with Crippen LogP contribution in [0.15, 0.2) is 174 Å². The summed E-state index contributed by atoms with van der Waals surface area (Å²) in [6.45, 7) is 0. The first-order chi connectivity index (χ1) is 29.0. The quantitative estimate of drug-likeness (QED) is 0.186. The van der Waals surface area contributed by atoms with Crippen molar-refractivity contribution in [1.29, 1.82) is 0 Å². The van der Waals surface area contributed by atoms with E-state index in [2.05, 4.69) is 0 Å². The van der Waals surface area contributed by atoms with Gasteiger partial charge < -0.3 is 4.42 Å². The van der Waals surface area contributed by atoms with E-state index in [0.29, 0.717) is 38.2 Å². The first-order valence-corrected chi connectivity index (χ1v) is 14.1. The van der Waals surface area contributed by atoms with E-state index in [1.54, 1.807) is 30.3 Å². The van der Waals surface area contributed by atoms with Crippen LogP contribution in [0, 0.1) is 0 Å². The van der Waals surface area contributed by atoms with Crippen molar-refractivity contribution in [1.82, 2.24) is 0 Å². The van der Waals surface area contributed by atoms with E-state index in [-0.39, 0.29) is 51.2 Å². The molecule has 0 N–H and O–H groups in total. The van der Waals surface area contributed by atoms with Crippen LogP contribution in [0.2, 0.25) is 0 Å². The molecule has 45 heavy (non-hydrogen) atoms. The molecule has 210 valence electrons. The smallest absolute Gasteiger partial charge is 0.136 e. The molecule has 9 aromatic rings. The summed E-state index contributed by atoms with van der Waals surface area (Å²) in [5, 5.41) is 2.22. The molecule has 9 rings (SSSR count). The maximum Gasteiger partial charge on any atom is 0.136 e. The normalized spacial score (nSPS) is 16.5. The number of rotatable bonds is 4. The summed E-state index contributed by atoms with van der Waals surface area (Å²) in [5.41, 5.74) is 0.688. The molecule has 0 aliphatic heterocycles. The highest BCUT2D eigenvalue weighted by molar-refractivity contribution is 6.22. The molecular weight excluding hydrogens is 544 g/mol. The highest BCUT2D eigenvalue weighted by atomic mass is 16.3. The van der Waals surface area contributed by atoms with Gasteiger partial charge in [0.1, 0.15) is 11.2 Å². The van der Waals surface area contributed by atoms with Crippen LogP contribution in [0.4, 0.5) is 0 Å². The Morgan fingerprint density at radius 3 is 1.56 bits per heavy atom. The van der Waals surface area contributed by atoms with E-state index in [1.807, 2.05) is 42.5 Å². The topological polar surface area (TPSA) is 13.1 Å². The minimum atomic E-state index is -0.691. The molecule has 0 aliphatic carbocycles. The molecule has 0 unspecified atom stereocenters. The van der Waals surface area contributed by atoms with Crippen LogP contribution in [0.5, 0.6) is 0 Å². The first kappa shape index (κ1) is 14.2. The molecule has 1 nitrogen and oxygen atoms in total. The molecule has 1 aromatic heterocycles. The van der Waals surface area contributed by atoms with Crippen molar-refractivity contribution in [2.75, 3.05) is 0 Å². The van der Waals surface area contributed by atoms with Crippen molar-refractivity contribution < 1.29 is 26.3 Å². The molecule has 0 saturated heterocycles. The van der Waals surface area contributed by atoms with Gasteiger partial charge in [0.2, 0.25) is 0 Å². The molecule has 1 heterocycles. The molecule has 0 atom stereocenters. The molecule has 0 spiro atoms. The maximum atomic E-state index is 9.72. The standard InChI is InChI=1S/C44H28O/c1-3-12-29(13-4-1)31-16-11-17-33(26-31)43-36-18-7-9-20-38(36)44(39-21-10-8-19-37(39)43)34-23-25-41-40(27-34)35-24-22-32(28-42(35)45-41)30-14-5-2-6-15-30/h1-28H/i1D,2D,3D,4D,5D,6D,12D,13D,14D,15D,22D,23D,24D,25D,27D,28D. The van der Waals surface area contributed by atoms with Crippen molar-refractivity contribution in [3.8, 4) is 44.5 Å². The van der Waals surface area contributed by atoms with Gasteiger partial charge in [0.05, 0.1) is 21.9 Å². The Bertz CT molecular complexity index is 3330. The van der Waals surface area contributed by atoms with E-state index in [0.717, 1.165) is 5.56 Å². The van der Waals surface area contributed by atoms with Crippen molar-refractivity contribution >= 4 is 43.5 Å². The van der Waals surface area contributed by atoms with Crippen LogP contribution in [-0.4, -0.2) is 0 Å². The van der Waals surface area contributed by atoms with E-state index >= 15 is 0 Å². The van der Waals surface area contributed by atoms with Crippen molar-refractivity contribution in [2.24, 2.45) is 0 Å². The average Bonchev–Trinajstić information content (AvgIpc) is 3.68. The lowest BCUT2D eigenvalue weighted by Gasteiger charge is -2.18. The van der Waals surface area contributed by atoms with E-state index < -0.39 is 89.7 Å². The molecule has 0 aliphatic rings. The Balaban J connectivity index is 1.35.